The van der Waals surface area contributed by atoms with Crippen LogP contribution in [0.5, 0.6) is 17.4 Å². The molecule has 6 nitrogen and oxygen atoms in total. The Bertz CT molecular complexity index is 744. The molecule has 2 heterocycles. The van der Waals surface area contributed by atoms with Crippen LogP contribution < -0.4 is 9.47 Å². The first-order valence-corrected chi connectivity index (χ1v) is 9.21. The van der Waals surface area contributed by atoms with Crippen molar-refractivity contribution < 1.29 is 14.7 Å². The Balaban J connectivity index is 1.91. The van der Waals surface area contributed by atoms with Crippen molar-refractivity contribution in [2.45, 2.75) is 6.92 Å². The smallest absolute Gasteiger partial charge is 0.230 e. The average Bonchev–Trinajstić information content (AvgIpc) is 2.65. The van der Waals surface area contributed by atoms with Crippen molar-refractivity contribution in [1.82, 2.24) is 9.88 Å². The lowest BCUT2D eigenvalue weighted by Crippen LogP contribution is -2.38. The molecule has 25 heavy (non-hydrogen) atoms. The van der Waals surface area contributed by atoms with E-state index in [-0.39, 0.29) is 0 Å². The highest BCUT2D eigenvalue weighted by atomic mass is 32.2. The van der Waals surface area contributed by atoms with Crippen LogP contribution in [-0.2, 0) is 0 Å². The molecule has 2 aromatic rings. The molecule has 1 aliphatic heterocycles. The summed E-state index contributed by atoms with van der Waals surface area (Å²) < 4.78 is 11.1. The molecule has 3 rings (SSSR count). The van der Waals surface area contributed by atoms with Gasteiger partial charge < -0.3 is 19.6 Å². The van der Waals surface area contributed by atoms with Crippen molar-refractivity contribution in [3.63, 3.8) is 0 Å². The van der Waals surface area contributed by atoms with E-state index in [0.29, 0.717) is 23.0 Å². The van der Waals surface area contributed by atoms with E-state index in [9.17, 15) is 5.21 Å². The molecule has 132 valence electrons. The Morgan fingerprint density at radius 3 is 2.44 bits per heavy atom. The number of ether oxygens (including phenoxy) is 2. The fraction of sp³-hybridized carbons (Fsp3) is 0.333. The number of aryl methyl sites for hydroxylation is 1. The molecule has 0 atom stereocenters. The lowest BCUT2D eigenvalue weighted by Gasteiger charge is -2.29. The predicted octanol–water partition coefficient (Wildman–Crippen LogP) is 3.38. The van der Waals surface area contributed by atoms with Crippen LogP contribution in [0.25, 0.3) is 0 Å². The second-order valence-corrected chi connectivity index (χ2v) is 6.83. The molecule has 1 N–H and O–H groups in total. The minimum atomic E-state index is 0.427. The van der Waals surface area contributed by atoms with Gasteiger partial charge in [-0.3, -0.25) is 0 Å². The van der Waals surface area contributed by atoms with Crippen molar-refractivity contribution in [1.29, 1.82) is 0 Å². The monoisotopic (exact) mass is 359 g/mol. The molecule has 1 fully saturated rings. The van der Waals surface area contributed by atoms with Crippen LogP contribution in [0.15, 0.2) is 41.6 Å². The first-order valence-electron chi connectivity index (χ1n) is 8.06. The van der Waals surface area contributed by atoms with Crippen LogP contribution in [-0.4, -0.2) is 52.6 Å². The van der Waals surface area contributed by atoms with Gasteiger partial charge in [0.05, 0.1) is 12.7 Å². The summed E-state index contributed by atoms with van der Waals surface area (Å²) in [5, 5.41) is 13.1. The second-order valence-electron chi connectivity index (χ2n) is 5.61. The fourth-order valence-corrected chi connectivity index (χ4v) is 3.50. The maximum Gasteiger partial charge on any atom is 0.230 e. The summed E-state index contributed by atoms with van der Waals surface area (Å²) in [5.41, 5.74) is 1.51. The van der Waals surface area contributed by atoms with Gasteiger partial charge in [0.2, 0.25) is 5.88 Å². The van der Waals surface area contributed by atoms with Crippen molar-refractivity contribution in [3.05, 3.63) is 47.7 Å². The van der Waals surface area contributed by atoms with Crippen LogP contribution in [0.3, 0.4) is 0 Å². The molecule has 0 amide bonds. The van der Waals surface area contributed by atoms with Gasteiger partial charge in [0.1, 0.15) is 11.5 Å². The average molecular weight is 359 g/mol. The van der Waals surface area contributed by atoms with Crippen molar-refractivity contribution in [2.75, 3.05) is 31.7 Å². The van der Waals surface area contributed by atoms with Crippen LogP contribution in [0.2, 0.25) is 0 Å². The van der Waals surface area contributed by atoms with E-state index in [4.69, 9.17) is 9.47 Å². The van der Waals surface area contributed by atoms with Gasteiger partial charge in [0, 0.05) is 30.3 Å². The standard InChI is InChI=1S/C18H21N3O3S/c1-13-3-8-16(17(20-22)21-9-11-25-12-10-21)18(19-13)24-15-6-4-14(23-2)5-7-15/h3-8,22H,9-12H2,1-2H3/b20-17-. The number of benzene rings is 1. The summed E-state index contributed by atoms with van der Waals surface area (Å²) in [6.45, 7) is 3.57. The maximum absolute atomic E-state index is 9.60. The zero-order valence-electron chi connectivity index (χ0n) is 14.3. The molecule has 0 unspecified atom stereocenters. The number of aromatic nitrogens is 1. The van der Waals surface area contributed by atoms with Gasteiger partial charge in [0.15, 0.2) is 5.84 Å². The molecule has 0 radical (unpaired) electrons. The van der Waals surface area contributed by atoms with E-state index in [1.54, 1.807) is 7.11 Å². The maximum atomic E-state index is 9.60. The lowest BCUT2D eigenvalue weighted by atomic mass is 10.2. The molecule has 1 aromatic heterocycles. The highest BCUT2D eigenvalue weighted by Crippen LogP contribution is 2.27. The van der Waals surface area contributed by atoms with Gasteiger partial charge in [0.25, 0.3) is 0 Å². The van der Waals surface area contributed by atoms with Crippen LogP contribution in [0.4, 0.5) is 0 Å². The Labute approximate surface area is 151 Å². The van der Waals surface area contributed by atoms with Crippen LogP contribution >= 0.6 is 11.8 Å². The number of hydrogen-bond acceptors (Lipinski definition) is 6. The zero-order chi connectivity index (χ0) is 17.6. The summed E-state index contributed by atoms with van der Waals surface area (Å²) in [5.74, 6) is 4.34. The predicted molar refractivity (Wildman–Crippen MR) is 99.3 cm³/mol. The van der Waals surface area contributed by atoms with E-state index in [1.807, 2.05) is 55.1 Å². The summed E-state index contributed by atoms with van der Waals surface area (Å²) >= 11 is 1.90. The quantitative estimate of drug-likeness (QED) is 0.391. The normalized spacial score (nSPS) is 15.1. The van der Waals surface area contributed by atoms with Crippen LogP contribution in [0, 0.1) is 6.92 Å². The molecule has 0 bridgehead atoms. The first kappa shape index (κ1) is 17.4. The summed E-state index contributed by atoms with van der Waals surface area (Å²) in [6.07, 6.45) is 0. The Morgan fingerprint density at radius 2 is 1.80 bits per heavy atom. The second kappa shape index (κ2) is 8.11. The van der Waals surface area contributed by atoms with Gasteiger partial charge in [-0.1, -0.05) is 5.16 Å². The molecule has 7 heteroatoms. The molecular formula is C18H21N3O3S. The lowest BCUT2D eigenvalue weighted by molar-refractivity contribution is 0.303. The number of pyridine rings is 1. The Hall–Kier alpha value is -2.41. The van der Waals surface area contributed by atoms with E-state index >= 15 is 0 Å². The number of amidine groups is 1. The third kappa shape index (κ3) is 4.17. The molecule has 0 aliphatic carbocycles. The minimum absolute atomic E-state index is 0.427. The molecule has 1 saturated heterocycles. The Kier molecular flexibility index (Phi) is 5.65. The molecule has 1 aromatic carbocycles. The zero-order valence-corrected chi connectivity index (χ0v) is 15.1. The van der Waals surface area contributed by atoms with Gasteiger partial charge >= 0.3 is 0 Å². The highest BCUT2D eigenvalue weighted by molar-refractivity contribution is 7.99. The number of oxime groups is 1. The SMILES string of the molecule is COc1ccc(Oc2nc(C)ccc2/C(=N/O)N2CCSCC2)cc1. The van der Waals surface area contributed by atoms with E-state index < -0.39 is 0 Å². The van der Waals surface area contributed by atoms with E-state index in [0.717, 1.165) is 36.0 Å². The van der Waals surface area contributed by atoms with Gasteiger partial charge in [-0.25, -0.2) is 4.98 Å². The summed E-state index contributed by atoms with van der Waals surface area (Å²) in [4.78, 5) is 6.56. The first-order chi connectivity index (χ1) is 12.2. The van der Waals surface area contributed by atoms with Gasteiger partial charge in [-0.05, 0) is 43.3 Å². The van der Waals surface area contributed by atoms with Gasteiger partial charge in [-0.2, -0.15) is 11.8 Å². The summed E-state index contributed by atoms with van der Waals surface area (Å²) in [6, 6.07) is 11.1. The topological polar surface area (TPSA) is 67.2 Å². The molecule has 0 saturated carbocycles. The third-order valence-electron chi connectivity index (χ3n) is 3.92. The fourth-order valence-electron chi connectivity index (χ4n) is 2.60. The molecular weight excluding hydrogens is 338 g/mol. The van der Waals surface area contributed by atoms with Crippen molar-refractivity contribution in [2.24, 2.45) is 5.16 Å². The third-order valence-corrected chi connectivity index (χ3v) is 4.86. The van der Waals surface area contributed by atoms with E-state index in [1.165, 1.54) is 0 Å². The number of methoxy groups -OCH3 is 1. The highest BCUT2D eigenvalue weighted by Gasteiger charge is 2.22. The number of rotatable bonds is 4. The number of thioether (sulfide) groups is 1. The van der Waals surface area contributed by atoms with Crippen LogP contribution in [0.1, 0.15) is 11.3 Å². The Morgan fingerprint density at radius 1 is 1.12 bits per heavy atom. The number of nitrogens with zero attached hydrogens (tertiary/aromatic N) is 3. The largest absolute Gasteiger partial charge is 0.497 e. The summed E-state index contributed by atoms with van der Waals surface area (Å²) in [7, 11) is 1.62. The minimum Gasteiger partial charge on any atom is -0.497 e. The molecule has 0 spiro atoms. The van der Waals surface area contributed by atoms with Crippen molar-refractivity contribution in [3.8, 4) is 17.4 Å². The van der Waals surface area contributed by atoms with Gasteiger partial charge in [-0.15, -0.1) is 0 Å². The number of hydrogen-bond donors (Lipinski definition) is 1. The molecule has 1 aliphatic rings. The van der Waals surface area contributed by atoms with Crippen molar-refractivity contribution >= 4 is 17.6 Å². The van der Waals surface area contributed by atoms with E-state index in [2.05, 4.69) is 15.0 Å².